The fraction of sp³-hybridized carbons (Fsp3) is 0.917. The van der Waals surface area contributed by atoms with E-state index in [1.54, 1.807) is 0 Å². The lowest BCUT2D eigenvalue weighted by Gasteiger charge is -2.29. The van der Waals surface area contributed by atoms with Gasteiger partial charge >= 0.3 is 5.97 Å². The van der Waals surface area contributed by atoms with E-state index < -0.39 is 5.97 Å². The number of nitrogens with zero attached hydrogens (tertiary/aromatic N) is 1. The second-order valence-electron chi connectivity index (χ2n) is 5.13. The van der Waals surface area contributed by atoms with Crippen LogP contribution in [-0.2, 0) is 9.53 Å². The average Bonchev–Trinajstić information content (AvgIpc) is 2.61. The highest BCUT2D eigenvalue weighted by molar-refractivity contribution is 5.74. The summed E-state index contributed by atoms with van der Waals surface area (Å²) in [5.74, 6) is 0.143. The quantitative estimate of drug-likeness (QED) is 0.787. The lowest BCUT2D eigenvalue weighted by Crippen LogP contribution is -2.42. The number of hydrogen-bond acceptors (Lipinski definition) is 3. The van der Waals surface area contributed by atoms with E-state index in [0.717, 1.165) is 39.1 Å². The second-order valence-corrected chi connectivity index (χ2v) is 5.13. The molecule has 0 aliphatic carbocycles. The molecule has 2 aliphatic rings. The molecular weight excluding hydrogens is 206 g/mol. The van der Waals surface area contributed by atoms with Crippen LogP contribution in [0.2, 0.25) is 0 Å². The van der Waals surface area contributed by atoms with Crippen molar-refractivity contribution in [1.82, 2.24) is 4.90 Å². The summed E-state index contributed by atoms with van der Waals surface area (Å²) in [5.41, 5.74) is 0. The van der Waals surface area contributed by atoms with Crippen LogP contribution < -0.4 is 0 Å². The first-order chi connectivity index (χ1) is 7.68. The van der Waals surface area contributed by atoms with Gasteiger partial charge in [0.2, 0.25) is 0 Å². The number of carboxylic acids is 1. The highest BCUT2D eigenvalue weighted by atomic mass is 16.5. The van der Waals surface area contributed by atoms with E-state index in [-0.39, 0.29) is 12.0 Å². The smallest absolute Gasteiger partial charge is 0.321 e. The minimum absolute atomic E-state index is 0.276. The van der Waals surface area contributed by atoms with Crippen LogP contribution in [0.4, 0.5) is 0 Å². The molecule has 1 N–H and O–H groups in total. The molecule has 0 aromatic heterocycles. The van der Waals surface area contributed by atoms with Gasteiger partial charge in [0.1, 0.15) is 6.04 Å². The number of hydrogen-bond donors (Lipinski definition) is 1. The van der Waals surface area contributed by atoms with Crippen LogP contribution in [0.1, 0.15) is 26.2 Å². The minimum Gasteiger partial charge on any atom is -0.480 e. The van der Waals surface area contributed by atoms with Crippen LogP contribution in [0, 0.1) is 11.8 Å². The van der Waals surface area contributed by atoms with Crippen molar-refractivity contribution in [3.63, 3.8) is 0 Å². The molecular formula is C12H21NO3. The van der Waals surface area contributed by atoms with Gasteiger partial charge in [-0.05, 0) is 37.6 Å². The molecule has 0 aromatic carbocycles. The molecule has 3 unspecified atom stereocenters. The van der Waals surface area contributed by atoms with Gasteiger partial charge in [-0.25, -0.2) is 0 Å². The monoisotopic (exact) mass is 227 g/mol. The van der Waals surface area contributed by atoms with E-state index in [1.165, 1.54) is 6.42 Å². The first kappa shape index (κ1) is 11.9. The Kier molecular flexibility index (Phi) is 3.82. The Morgan fingerprint density at radius 3 is 2.94 bits per heavy atom. The molecule has 2 heterocycles. The van der Waals surface area contributed by atoms with Crippen LogP contribution in [0.3, 0.4) is 0 Å². The Labute approximate surface area is 96.6 Å². The van der Waals surface area contributed by atoms with E-state index in [1.807, 2.05) is 6.92 Å². The SMILES string of the molecule is CC1CCN(CC2CCCOC2)C1C(=O)O. The Morgan fingerprint density at radius 1 is 1.50 bits per heavy atom. The molecule has 2 fully saturated rings. The molecule has 4 heteroatoms. The zero-order chi connectivity index (χ0) is 11.5. The number of ether oxygens (including phenoxy) is 1. The van der Waals surface area contributed by atoms with Crippen LogP contribution >= 0.6 is 0 Å². The van der Waals surface area contributed by atoms with Gasteiger partial charge in [0, 0.05) is 13.2 Å². The molecule has 0 aromatic rings. The molecule has 2 rings (SSSR count). The topological polar surface area (TPSA) is 49.8 Å². The maximum absolute atomic E-state index is 11.2. The van der Waals surface area contributed by atoms with E-state index in [0.29, 0.717) is 5.92 Å². The van der Waals surface area contributed by atoms with Crippen molar-refractivity contribution in [2.45, 2.75) is 32.2 Å². The standard InChI is InChI=1S/C12H21NO3/c1-9-4-5-13(11(9)12(14)15)7-10-3-2-6-16-8-10/h9-11H,2-8H2,1H3,(H,14,15). The van der Waals surface area contributed by atoms with Gasteiger partial charge in [-0.2, -0.15) is 0 Å². The van der Waals surface area contributed by atoms with E-state index in [4.69, 9.17) is 4.74 Å². The van der Waals surface area contributed by atoms with Crippen molar-refractivity contribution in [2.24, 2.45) is 11.8 Å². The molecule has 4 nitrogen and oxygen atoms in total. The molecule has 0 amide bonds. The highest BCUT2D eigenvalue weighted by Crippen LogP contribution is 2.26. The zero-order valence-corrected chi connectivity index (χ0v) is 9.89. The Morgan fingerprint density at radius 2 is 2.31 bits per heavy atom. The Bertz CT molecular complexity index is 251. The number of aliphatic carboxylic acids is 1. The lowest BCUT2D eigenvalue weighted by molar-refractivity contribution is -0.143. The van der Waals surface area contributed by atoms with Gasteiger partial charge in [0.25, 0.3) is 0 Å². The van der Waals surface area contributed by atoms with Crippen LogP contribution in [0.15, 0.2) is 0 Å². The van der Waals surface area contributed by atoms with Crippen LogP contribution in [-0.4, -0.2) is 48.3 Å². The first-order valence-corrected chi connectivity index (χ1v) is 6.23. The van der Waals surface area contributed by atoms with Crippen molar-refractivity contribution in [3.8, 4) is 0 Å². The fourth-order valence-corrected chi connectivity index (χ4v) is 2.91. The van der Waals surface area contributed by atoms with E-state index in [2.05, 4.69) is 4.90 Å². The Balaban J connectivity index is 1.90. The predicted molar refractivity (Wildman–Crippen MR) is 60.3 cm³/mol. The summed E-state index contributed by atoms with van der Waals surface area (Å²) in [6, 6.07) is -0.276. The van der Waals surface area contributed by atoms with Gasteiger partial charge in [0.05, 0.1) is 6.61 Å². The average molecular weight is 227 g/mol. The molecule has 0 saturated carbocycles. The lowest BCUT2D eigenvalue weighted by atomic mass is 10.00. The third-order valence-corrected chi connectivity index (χ3v) is 3.80. The number of rotatable bonds is 3. The van der Waals surface area contributed by atoms with Crippen molar-refractivity contribution < 1.29 is 14.6 Å². The van der Waals surface area contributed by atoms with Crippen molar-refractivity contribution >= 4 is 5.97 Å². The zero-order valence-electron chi connectivity index (χ0n) is 9.89. The Hall–Kier alpha value is -0.610. The van der Waals surface area contributed by atoms with Crippen molar-refractivity contribution in [3.05, 3.63) is 0 Å². The number of likely N-dealkylation sites (tertiary alicyclic amines) is 1. The summed E-state index contributed by atoms with van der Waals surface area (Å²) in [5, 5.41) is 9.21. The largest absolute Gasteiger partial charge is 0.480 e. The van der Waals surface area contributed by atoms with Crippen molar-refractivity contribution in [2.75, 3.05) is 26.3 Å². The molecule has 2 aliphatic heterocycles. The molecule has 0 bridgehead atoms. The van der Waals surface area contributed by atoms with E-state index in [9.17, 15) is 9.90 Å². The van der Waals surface area contributed by atoms with Gasteiger partial charge in [-0.3, -0.25) is 9.69 Å². The first-order valence-electron chi connectivity index (χ1n) is 6.23. The summed E-state index contributed by atoms with van der Waals surface area (Å²) in [6.07, 6.45) is 3.30. The summed E-state index contributed by atoms with van der Waals surface area (Å²) in [4.78, 5) is 13.3. The fourth-order valence-electron chi connectivity index (χ4n) is 2.91. The van der Waals surface area contributed by atoms with Crippen molar-refractivity contribution in [1.29, 1.82) is 0 Å². The summed E-state index contributed by atoms with van der Waals surface area (Å²) in [7, 11) is 0. The predicted octanol–water partition coefficient (Wildman–Crippen LogP) is 1.21. The summed E-state index contributed by atoms with van der Waals surface area (Å²) in [6.45, 7) is 5.53. The summed E-state index contributed by atoms with van der Waals surface area (Å²) >= 11 is 0. The maximum atomic E-state index is 11.2. The molecule has 2 saturated heterocycles. The van der Waals surface area contributed by atoms with Gasteiger partial charge in [-0.15, -0.1) is 0 Å². The molecule has 92 valence electrons. The van der Waals surface area contributed by atoms with Crippen LogP contribution in [0.25, 0.3) is 0 Å². The molecule has 16 heavy (non-hydrogen) atoms. The molecule has 0 radical (unpaired) electrons. The van der Waals surface area contributed by atoms with Crippen LogP contribution in [0.5, 0.6) is 0 Å². The highest BCUT2D eigenvalue weighted by Gasteiger charge is 2.37. The minimum atomic E-state index is -0.665. The molecule has 0 spiro atoms. The van der Waals surface area contributed by atoms with Gasteiger partial charge < -0.3 is 9.84 Å². The normalized spacial score (nSPS) is 36.4. The maximum Gasteiger partial charge on any atom is 0.321 e. The second kappa shape index (κ2) is 5.15. The third-order valence-electron chi connectivity index (χ3n) is 3.80. The summed E-state index contributed by atoms with van der Waals surface area (Å²) < 4.78 is 5.44. The molecule has 3 atom stereocenters. The van der Waals surface area contributed by atoms with Gasteiger partial charge in [-0.1, -0.05) is 6.92 Å². The van der Waals surface area contributed by atoms with E-state index >= 15 is 0 Å². The number of carboxylic acid groups (broad SMARTS) is 1. The van der Waals surface area contributed by atoms with Gasteiger partial charge in [0.15, 0.2) is 0 Å². The third kappa shape index (κ3) is 2.55. The number of carbonyl (C=O) groups is 1.